The van der Waals surface area contributed by atoms with E-state index in [4.69, 9.17) is 0 Å². The van der Waals surface area contributed by atoms with Gasteiger partial charge in [-0.15, -0.1) is 0 Å². The molecule has 0 heterocycles. The zero-order chi connectivity index (χ0) is 8.36. The number of hydrogen-bond donors (Lipinski definition) is 0. The largest absolute Gasteiger partial charge is 0.0944 e. The second kappa shape index (κ2) is 10.7. The first-order valence-corrected chi connectivity index (χ1v) is 7.15. The Balaban J connectivity index is 2.69. The molecule has 0 fully saturated rings. The molecule has 0 saturated heterocycles. The first kappa shape index (κ1) is 11.7. The topological polar surface area (TPSA) is 0 Å². The van der Waals surface area contributed by atoms with Crippen molar-refractivity contribution in [3.05, 3.63) is 0 Å². The lowest BCUT2D eigenvalue weighted by molar-refractivity contribution is 0.660. The van der Waals surface area contributed by atoms with E-state index in [1.807, 2.05) is 21.6 Å². The van der Waals surface area contributed by atoms with Gasteiger partial charge in [-0.05, 0) is 6.42 Å². The van der Waals surface area contributed by atoms with Gasteiger partial charge in [-0.25, -0.2) is 0 Å². The summed E-state index contributed by atoms with van der Waals surface area (Å²) < 4.78 is 0. The van der Waals surface area contributed by atoms with E-state index in [1.165, 1.54) is 43.6 Å². The lowest BCUT2D eigenvalue weighted by Gasteiger charge is -1.98. The summed E-state index contributed by atoms with van der Waals surface area (Å²) >= 11 is 0. The fourth-order valence-electron chi connectivity index (χ4n) is 0.907. The molecular weight excluding hydrogens is 172 g/mol. The van der Waals surface area contributed by atoms with Crippen LogP contribution in [0.1, 0.15) is 46.0 Å². The van der Waals surface area contributed by atoms with Gasteiger partial charge < -0.3 is 0 Å². The van der Waals surface area contributed by atoms with Crippen LogP contribution >= 0.6 is 21.6 Å². The van der Waals surface area contributed by atoms with Crippen molar-refractivity contribution in [2.24, 2.45) is 0 Å². The highest BCUT2D eigenvalue weighted by Crippen LogP contribution is 2.21. The van der Waals surface area contributed by atoms with Gasteiger partial charge >= 0.3 is 0 Å². The first-order chi connectivity index (χ1) is 5.41. The third-order valence-corrected chi connectivity index (χ3v) is 4.10. The SMILES string of the molecule is CCCCCCCSSCC. The van der Waals surface area contributed by atoms with Crippen LogP contribution in [0.5, 0.6) is 0 Å². The van der Waals surface area contributed by atoms with E-state index in [-0.39, 0.29) is 0 Å². The smallest absolute Gasteiger partial charge is 0.00369 e. The molecule has 0 saturated carbocycles. The molecule has 0 aromatic rings. The summed E-state index contributed by atoms with van der Waals surface area (Å²) in [6.45, 7) is 4.48. The van der Waals surface area contributed by atoms with E-state index in [1.54, 1.807) is 0 Å². The lowest BCUT2D eigenvalue weighted by Crippen LogP contribution is -1.79. The van der Waals surface area contributed by atoms with Crippen LogP contribution in [0.15, 0.2) is 0 Å². The molecule has 0 aliphatic heterocycles. The quantitative estimate of drug-likeness (QED) is 0.414. The highest BCUT2D eigenvalue weighted by Gasteiger charge is 1.89. The monoisotopic (exact) mass is 192 g/mol. The van der Waals surface area contributed by atoms with Crippen LogP contribution in [0.4, 0.5) is 0 Å². The minimum atomic E-state index is 1.25. The zero-order valence-electron chi connectivity index (χ0n) is 7.77. The van der Waals surface area contributed by atoms with Crippen molar-refractivity contribution in [1.82, 2.24) is 0 Å². The normalized spacial score (nSPS) is 10.4. The van der Waals surface area contributed by atoms with E-state index >= 15 is 0 Å². The predicted molar refractivity (Wildman–Crippen MR) is 59.3 cm³/mol. The second-order valence-electron chi connectivity index (χ2n) is 2.64. The Hall–Kier alpha value is 0.700. The fraction of sp³-hybridized carbons (Fsp3) is 1.00. The average Bonchev–Trinajstić information content (AvgIpc) is 2.03. The summed E-state index contributed by atoms with van der Waals surface area (Å²) in [5.41, 5.74) is 0. The van der Waals surface area contributed by atoms with Crippen LogP contribution < -0.4 is 0 Å². The van der Waals surface area contributed by atoms with Crippen molar-refractivity contribution in [2.75, 3.05) is 11.5 Å². The molecule has 0 aliphatic rings. The van der Waals surface area contributed by atoms with Gasteiger partial charge in [-0.1, -0.05) is 61.1 Å². The molecule has 2 heteroatoms. The van der Waals surface area contributed by atoms with E-state index in [0.717, 1.165) is 0 Å². The number of hydrogen-bond acceptors (Lipinski definition) is 2. The van der Waals surface area contributed by atoms with Gasteiger partial charge in [0.2, 0.25) is 0 Å². The van der Waals surface area contributed by atoms with E-state index in [9.17, 15) is 0 Å². The molecule has 0 amide bonds. The van der Waals surface area contributed by atoms with Crippen molar-refractivity contribution in [3.63, 3.8) is 0 Å². The standard InChI is InChI=1S/C9H20S2/c1-3-5-6-7-8-9-11-10-4-2/h3-9H2,1-2H3. The Labute approximate surface area is 79.3 Å². The zero-order valence-corrected chi connectivity index (χ0v) is 9.40. The fourth-order valence-corrected chi connectivity index (χ4v) is 2.72. The van der Waals surface area contributed by atoms with Gasteiger partial charge in [-0.2, -0.15) is 0 Å². The lowest BCUT2D eigenvalue weighted by atomic mass is 10.2. The van der Waals surface area contributed by atoms with Crippen molar-refractivity contribution in [1.29, 1.82) is 0 Å². The van der Waals surface area contributed by atoms with Gasteiger partial charge in [0.1, 0.15) is 0 Å². The van der Waals surface area contributed by atoms with Crippen LogP contribution in [0.2, 0.25) is 0 Å². The molecule has 0 N–H and O–H groups in total. The van der Waals surface area contributed by atoms with Gasteiger partial charge in [0.15, 0.2) is 0 Å². The van der Waals surface area contributed by atoms with E-state index in [0.29, 0.717) is 0 Å². The Kier molecular flexibility index (Phi) is 11.4. The maximum atomic E-state index is 2.27. The molecule has 0 atom stereocenters. The molecule has 0 bridgehead atoms. The van der Waals surface area contributed by atoms with Crippen LogP contribution in [-0.2, 0) is 0 Å². The van der Waals surface area contributed by atoms with Crippen molar-refractivity contribution < 1.29 is 0 Å². The molecule has 0 rings (SSSR count). The minimum absolute atomic E-state index is 1.25. The van der Waals surface area contributed by atoms with Crippen LogP contribution in [0, 0.1) is 0 Å². The minimum Gasteiger partial charge on any atom is -0.0944 e. The summed E-state index contributed by atoms with van der Waals surface area (Å²) in [6.07, 6.45) is 7.07. The molecule has 0 aliphatic carbocycles. The number of unbranched alkanes of at least 4 members (excludes halogenated alkanes) is 4. The molecule has 0 spiro atoms. The Morgan fingerprint density at radius 1 is 0.818 bits per heavy atom. The summed E-state index contributed by atoms with van der Waals surface area (Å²) in [4.78, 5) is 0. The van der Waals surface area contributed by atoms with Gasteiger partial charge in [0, 0.05) is 11.5 Å². The Morgan fingerprint density at radius 2 is 1.55 bits per heavy atom. The van der Waals surface area contributed by atoms with Crippen molar-refractivity contribution >= 4 is 21.6 Å². The molecular formula is C9H20S2. The molecule has 11 heavy (non-hydrogen) atoms. The van der Waals surface area contributed by atoms with Crippen molar-refractivity contribution in [3.8, 4) is 0 Å². The highest BCUT2D eigenvalue weighted by atomic mass is 33.1. The third kappa shape index (κ3) is 10.7. The predicted octanol–water partition coefficient (Wildman–Crippen LogP) is 4.36. The van der Waals surface area contributed by atoms with Crippen LogP contribution in [-0.4, -0.2) is 11.5 Å². The Morgan fingerprint density at radius 3 is 2.18 bits per heavy atom. The summed E-state index contributed by atoms with van der Waals surface area (Å²) in [7, 11) is 4.02. The molecule has 0 nitrogen and oxygen atoms in total. The Bertz CT molecular complexity index is 56.6. The van der Waals surface area contributed by atoms with Gasteiger partial charge in [0.05, 0.1) is 0 Å². The van der Waals surface area contributed by atoms with E-state index < -0.39 is 0 Å². The maximum absolute atomic E-state index is 2.27. The summed E-state index contributed by atoms with van der Waals surface area (Å²) in [5.74, 6) is 2.60. The molecule has 0 unspecified atom stereocenters. The number of rotatable bonds is 8. The highest BCUT2D eigenvalue weighted by molar-refractivity contribution is 8.76. The molecule has 0 aromatic carbocycles. The maximum Gasteiger partial charge on any atom is 0.00369 e. The van der Waals surface area contributed by atoms with Gasteiger partial charge in [0.25, 0.3) is 0 Å². The molecule has 68 valence electrons. The third-order valence-electron chi connectivity index (χ3n) is 1.53. The van der Waals surface area contributed by atoms with Crippen LogP contribution in [0.3, 0.4) is 0 Å². The second-order valence-corrected chi connectivity index (χ2v) is 5.51. The molecule has 0 radical (unpaired) electrons. The first-order valence-electron chi connectivity index (χ1n) is 4.66. The average molecular weight is 192 g/mol. The summed E-state index contributed by atoms with van der Waals surface area (Å²) in [5, 5.41) is 0. The van der Waals surface area contributed by atoms with Crippen LogP contribution in [0.25, 0.3) is 0 Å². The van der Waals surface area contributed by atoms with Gasteiger partial charge in [-0.3, -0.25) is 0 Å². The molecule has 0 aromatic heterocycles. The summed E-state index contributed by atoms with van der Waals surface area (Å²) in [6, 6.07) is 0. The van der Waals surface area contributed by atoms with Crippen molar-refractivity contribution in [2.45, 2.75) is 46.0 Å². The van der Waals surface area contributed by atoms with E-state index in [2.05, 4.69) is 13.8 Å².